The van der Waals surface area contributed by atoms with Crippen molar-refractivity contribution in [1.82, 2.24) is 0 Å². The van der Waals surface area contributed by atoms with Crippen molar-refractivity contribution in [2.24, 2.45) is 5.92 Å². The lowest BCUT2D eigenvalue weighted by atomic mass is 9.88. The Morgan fingerprint density at radius 1 is 0.522 bits per heavy atom. The summed E-state index contributed by atoms with van der Waals surface area (Å²) in [5.74, 6) is -3.02. The average molecular weight is 623 g/mol. The fraction of sp³-hybridized carbons (Fsp3) is 0.243. The molecule has 0 unspecified atom stereocenters. The first-order valence-electron chi connectivity index (χ1n) is 15.0. The van der Waals surface area contributed by atoms with Crippen molar-refractivity contribution in [3.05, 3.63) is 144 Å². The van der Waals surface area contributed by atoms with Gasteiger partial charge in [-0.2, -0.15) is 0 Å². The molecular formula is C37H34O9. The van der Waals surface area contributed by atoms with Gasteiger partial charge in [0.2, 0.25) is 0 Å². The number of esters is 4. The van der Waals surface area contributed by atoms with E-state index in [0.717, 1.165) is 0 Å². The molecule has 1 fully saturated rings. The Hall–Kier alpha value is -5.28. The summed E-state index contributed by atoms with van der Waals surface area (Å²) in [6.45, 7) is 3.36. The summed E-state index contributed by atoms with van der Waals surface area (Å²) in [4.78, 5) is 53.3. The third-order valence-electron chi connectivity index (χ3n) is 7.47. The normalized spacial score (nSPS) is 20.7. The van der Waals surface area contributed by atoms with Gasteiger partial charge in [-0.05, 0) is 54.4 Å². The van der Waals surface area contributed by atoms with Crippen molar-refractivity contribution < 1.29 is 42.9 Å². The number of carbonyl (C=O) groups is 4. The zero-order valence-corrected chi connectivity index (χ0v) is 25.4. The Morgan fingerprint density at radius 3 is 1.26 bits per heavy atom. The molecule has 5 atom stereocenters. The molecule has 9 heteroatoms. The van der Waals surface area contributed by atoms with Crippen LogP contribution >= 0.6 is 0 Å². The second-order valence-electron chi connectivity index (χ2n) is 11.1. The molecule has 0 N–H and O–H groups in total. The van der Waals surface area contributed by atoms with Crippen LogP contribution in [0.25, 0.3) is 0 Å². The maximum absolute atomic E-state index is 13.5. The SMILES string of the molecule is CC(C)[C@@H]1O[C@H](COC(=O)c2ccccc2)[C@@H](OC(=O)c2ccccc2)[C@H](OC(=O)c2ccccc2)[C@H]1OC(=O)c1ccccc1. The number of hydrogen-bond donors (Lipinski definition) is 0. The van der Waals surface area contributed by atoms with E-state index in [2.05, 4.69) is 0 Å². The summed E-state index contributed by atoms with van der Waals surface area (Å²) >= 11 is 0. The average Bonchev–Trinajstić information content (AvgIpc) is 3.10. The van der Waals surface area contributed by atoms with Gasteiger partial charge in [0.1, 0.15) is 18.8 Å². The smallest absolute Gasteiger partial charge is 0.338 e. The molecule has 236 valence electrons. The molecule has 0 aromatic heterocycles. The van der Waals surface area contributed by atoms with Crippen LogP contribution in [-0.4, -0.2) is 61.0 Å². The van der Waals surface area contributed by atoms with Crippen molar-refractivity contribution in [3.8, 4) is 0 Å². The summed E-state index contributed by atoms with van der Waals surface area (Å²) in [6.07, 6.45) is -5.81. The molecule has 46 heavy (non-hydrogen) atoms. The Bertz CT molecular complexity index is 1610. The predicted octanol–water partition coefficient (Wildman–Crippen LogP) is 5.94. The Balaban J connectivity index is 1.53. The summed E-state index contributed by atoms with van der Waals surface area (Å²) in [5.41, 5.74) is 1.07. The van der Waals surface area contributed by atoms with Gasteiger partial charge in [0, 0.05) is 0 Å². The Kier molecular flexibility index (Phi) is 10.6. The molecule has 5 rings (SSSR count). The summed E-state index contributed by atoms with van der Waals surface area (Å²) < 4.78 is 30.1. The monoisotopic (exact) mass is 622 g/mol. The second-order valence-corrected chi connectivity index (χ2v) is 11.1. The lowest BCUT2D eigenvalue weighted by Crippen LogP contribution is -2.63. The number of hydrogen-bond acceptors (Lipinski definition) is 9. The van der Waals surface area contributed by atoms with E-state index in [9.17, 15) is 19.2 Å². The second kappa shape index (κ2) is 15.1. The van der Waals surface area contributed by atoms with Crippen LogP contribution < -0.4 is 0 Å². The minimum Gasteiger partial charge on any atom is -0.459 e. The van der Waals surface area contributed by atoms with E-state index in [-0.39, 0.29) is 29.2 Å². The van der Waals surface area contributed by atoms with Crippen LogP contribution in [-0.2, 0) is 23.7 Å². The molecule has 0 spiro atoms. The van der Waals surface area contributed by atoms with Crippen molar-refractivity contribution in [2.45, 2.75) is 44.4 Å². The van der Waals surface area contributed by atoms with Crippen molar-refractivity contribution >= 4 is 23.9 Å². The summed E-state index contributed by atoms with van der Waals surface area (Å²) in [5, 5.41) is 0. The molecular weight excluding hydrogens is 588 g/mol. The molecule has 4 aromatic carbocycles. The van der Waals surface area contributed by atoms with E-state index in [0.29, 0.717) is 5.56 Å². The maximum atomic E-state index is 13.5. The van der Waals surface area contributed by atoms with Crippen LogP contribution in [0.3, 0.4) is 0 Å². The van der Waals surface area contributed by atoms with Crippen LogP contribution in [0.1, 0.15) is 55.3 Å². The highest BCUT2D eigenvalue weighted by molar-refractivity contribution is 5.91. The van der Waals surface area contributed by atoms with Crippen molar-refractivity contribution in [2.75, 3.05) is 6.61 Å². The minimum absolute atomic E-state index is 0.236. The lowest BCUT2D eigenvalue weighted by Gasteiger charge is -2.46. The summed E-state index contributed by atoms with van der Waals surface area (Å²) in [7, 11) is 0. The highest BCUT2D eigenvalue weighted by atomic mass is 16.7. The van der Waals surface area contributed by atoms with Gasteiger partial charge in [-0.3, -0.25) is 0 Å². The third kappa shape index (κ3) is 7.86. The molecule has 0 aliphatic carbocycles. The van der Waals surface area contributed by atoms with Crippen LogP contribution in [0.2, 0.25) is 0 Å². The van der Waals surface area contributed by atoms with Gasteiger partial charge in [0.15, 0.2) is 18.3 Å². The molecule has 0 radical (unpaired) electrons. The highest BCUT2D eigenvalue weighted by Crippen LogP contribution is 2.34. The maximum Gasteiger partial charge on any atom is 0.338 e. The van der Waals surface area contributed by atoms with E-state index in [1.54, 1.807) is 121 Å². The van der Waals surface area contributed by atoms with E-state index in [1.807, 2.05) is 13.8 Å². The molecule has 1 aliphatic heterocycles. The highest BCUT2D eigenvalue weighted by Gasteiger charge is 2.53. The number of benzene rings is 4. The largest absolute Gasteiger partial charge is 0.459 e. The van der Waals surface area contributed by atoms with Gasteiger partial charge in [-0.15, -0.1) is 0 Å². The van der Waals surface area contributed by atoms with E-state index < -0.39 is 54.4 Å². The van der Waals surface area contributed by atoms with Gasteiger partial charge in [-0.25, -0.2) is 19.2 Å². The van der Waals surface area contributed by atoms with Crippen LogP contribution in [0.5, 0.6) is 0 Å². The third-order valence-corrected chi connectivity index (χ3v) is 7.47. The first-order valence-corrected chi connectivity index (χ1v) is 15.0. The van der Waals surface area contributed by atoms with E-state index >= 15 is 0 Å². The molecule has 1 heterocycles. The zero-order chi connectivity index (χ0) is 32.5. The number of carbonyl (C=O) groups excluding carboxylic acids is 4. The van der Waals surface area contributed by atoms with Gasteiger partial charge in [-0.1, -0.05) is 86.6 Å². The molecule has 1 aliphatic rings. The molecule has 0 bridgehead atoms. The Morgan fingerprint density at radius 2 is 0.870 bits per heavy atom. The molecule has 9 nitrogen and oxygen atoms in total. The quantitative estimate of drug-likeness (QED) is 0.157. The lowest BCUT2D eigenvalue weighted by molar-refractivity contribution is -0.237. The fourth-order valence-corrected chi connectivity index (χ4v) is 5.14. The number of ether oxygens (including phenoxy) is 5. The van der Waals surface area contributed by atoms with Crippen LogP contribution in [0.4, 0.5) is 0 Å². The Labute approximate surface area is 267 Å². The van der Waals surface area contributed by atoms with Gasteiger partial charge >= 0.3 is 23.9 Å². The fourth-order valence-electron chi connectivity index (χ4n) is 5.14. The first kappa shape index (κ1) is 32.1. The van der Waals surface area contributed by atoms with Gasteiger partial charge in [0.05, 0.1) is 22.3 Å². The first-order chi connectivity index (χ1) is 22.3. The van der Waals surface area contributed by atoms with Gasteiger partial charge < -0.3 is 23.7 Å². The molecule has 0 amide bonds. The van der Waals surface area contributed by atoms with Crippen molar-refractivity contribution in [3.63, 3.8) is 0 Å². The number of rotatable bonds is 10. The van der Waals surface area contributed by atoms with Crippen molar-refractivity contribution in [1.29, 1.82) is 0 Å². The molecule has 1 saturated heterocycles. The van der Waals surface area contributed by atoms with Gasteiger partial charge in [0.25, 0.3) is 0 Å². The molecule has 0 saturated carbocycles. The molecule has 4 aromatic rings. The zero-order valence-electron chi connectivity index (χ0n) is 25.4. The topological polar surface area (TPSA) is 114 Å². The minimum atomic E-state index is -1.34. The van der Waals surface area contributed by atoms with Crippen LogP contribution in [0, 0.1) is 5.92 Å². The summed E-state index contributed by atoms with van der Waals surface area (Å²) in [6, 6.07) is 33.3. The van der Waals surface area contributed by atoms with E-state index in [1.165, 1.54) is 0 Å². The van der Waals surface area contributed by atoms with Crippen LogP contribution in [0.15, 0.2) is 121 Å². The van der Waals surface area contributed by atoms with E-state index in [4.69, 9.17) is 23.7 Å². The standard InChI is InChI=1S/C37H34O9/c1-24(2)30-32(45-36(40)27-19-11-5-12-20-27)33(46-37(41)28-21-13-6-14-22-28)31(44-35(39)26-17-9-4-10-18-26)29(43-30)23-42-34(38)25-15-7-3-8-16-25/h3-22,24,29-33H,23H2,1-2H3/t29-,30+,31-,32+,33+/m1/s1. The predicted molar refractivity (Wildman–Crippen MR) is 167 cm³/mol.